The number of hydrogen-bond acceptors (Lipinski definition) is 1. The molecule has 0 bridgehead atoms. The molecule has 2 rings (SSSR count). The maximum Gasteiger partial charge on any atom is -0.00671 e. The highest BCUT2D eigenvalue weighted by Gasteiger charge is 2.01. The second kappa shape index (κ2) is 7.20. The van der Waals surface area contributed by atoms with Crippen LogP contribution in [-0.4, -0.2) is 12.0 Å². The summed E-state index contributed by atoms with van der Waals surface area (Å²) in [6.07, 6.45) is 4.58. The van der Waals surface area contributed by atoms with Crippen molar-refractivity contribution in [3.8, 4) is 0 Å². The minimum atomic E-state index is 1.09. The van der Waals surface area contributed by atoms with Crippen molar-refractivity contribution in [3.63, 3.8) is 0 Å². The summed E-state index contributed by atoms with van der Waals surface area (Å²) >= 11 is 1.91. The van der Waals surface area contributed by atoms with Crippen LogP contribution in [0.25, 0.3) is 5.57 Å². The standard InChI is InChI=1S/C18H20S/c1-15(17-8-4-3-5-9-17)18-12-10-16(11-13-18)7-6-14-19-2/h3-5,8-13H,1,6-7,14H2,2H3. The normalized spacial score (nSPS) is 10.4. The summed E-state index contributed by atoms with van der Waals surface area (Å²) in [6.45, 7) is 4.20. The van der Waals surface area contributed by atoms with Crippen molar-refractivity contribution in [1.82, 2.24) is 0 Å². The molecule has 0 spiro atoms. The first-order valence-corrected chi connectivity index (χ1v) is 8.03. The number of thioether (sulfide) groups is 1. The van der Waals surface area contributed by atoms with Crippen molar-refractivity contribution in [2.24, 2.45) is 0 Å². The Balaban J connectivity index is 2.04. The van der Waals surface area contributed by atoms with Crippen molar-refractivity contribution >= 4 is 17.3 Å². The summed E-state index contributed by atoms with van der Waals surface area (Å²) in [7, 11) is 0. The number of benzene rings is 2. The maximum absolute atomic E-state index is 4.20. The minimum Gasteiger partial charge on any atom is -0.165 e. The molecule has 0 atom stereocenters. The van der Waals surface area contributed by atoms with Gasteiger partial charge in [0.25, 0.3) is 0 Å². The van der Waals surface area contributed by atoms with Gasteiger partial charge in [-0.15, -0.1) is 0 Å². The Morgan fingerprint density at radius 2 is 1.58 bits per heavy atom. The van der Waals surface area contributed by atoms with Gasteiger partial charge in [-0.05, 0) is 47.1 Å². The van der Waals surface area contributed by atoms with E-state index in [-0.39, 0.29) is 0 Å². The molecule has 0 aliphatic rings. The number of rotatable bonds is 6. The summed E-state index contributed by atoms with van der Waals surface area (Å²) in [6, 6.07) is 19.2. The smallest absolute Gasteiger partial charge is 0.00671 e. The van der Waals surface area contributed by atoms with Gasteiger partial charge in [0.15, 0.2) is 0 Å². The van der Waals surface area contributed by atoms with Gasteiger partial charge >= 0.3 is 0 Å². The minimum absolute atomic E-state index is 1.09. The first kappa shape index (κ1) is 14.0. The van der Waals surface area contributed by atoms with E-state index in [2.05, 4.69) is 61.4 Å². The SMILES string of the molecule is C=C(c1ccccc1)c1ccc(CCCSC)cc1. The van der Waals surface area contributed by atoms with E-state index < -0.39 is 0 Å². The van der Waals surface area contributed by atoms with E-state index in [4.69, 9.17) is 0 Å². The van der Waals surface area contributed by atoms with Gasteiger partial charge in [0.2, 0.25) is 0 Å². The molecule has 0 saturated heterocycles. The van der Waals surface area contributed by atoms with E-state index in [1.165, 1.54) is 35.3 Å². The monoisotopic (exact) mass is 268 g/mol. The molecule has 0 aliphatic heterocycles. The molecule has 0 N–H and O–H groups in total. The molecule has 19 heavy (non-hydrogen) atoms. The van der Waals surface area contributed by atoms with Gasteiger partial charge in [-0.25, -0.2) is 0 Å². The third-order valence-electron chi connectivity index (χ3n) is 3.24. The van der Waals surface area contributed by atoms with E-state index in [0.29, 0.717) is 0 Å². The molecular weight excluding hydrogens is 248 g/mol. The molecule has 0 saturated carbocycles. The number of aryl methyl sites for hydroxylation is 1. The van der Waals surface area contributed by atoms with Gasteiger partial charge in [-0.2, -0.15) is 11.8 Å². The third-order valence-corrected chi connectivity index (χ3v) is 3.94. The van der Waals surface area contributed by atoms with Gasteiger partial charge in [0, 0.05) is 0 Å². The van der Waals surface area contributed by atoms with E-state index in [0.717, 1.165) is 5.57 Å². The fourth-order valence-corrected chi connectivity index (χ4v) is 2.53. The van der Waals surface area contributed by atoms with E-state index >= 15 is 0 Å². The molecule has 0 amide bonds. The van der Waals surface area contributed by atoms with Crippen molar-refractivity contribution in [2.45, 2.75) is 12.8 Å². The molecular formula is C18H20S. The Morgan fingerprint density at radius 1 is 0.947 bits per heavy atom. The van der Waals surface area contributed by atoms with Gasteiger partial charge in [0.05, 0.1) is 0 Å². The van der Waals surface area contributed by atoms with Crippen LogP contribution in [0.5, 0.6) is 0 Å². The van der Waals surface area contributed by atoms with E-state index in [1.807, 2.05) is 17.8 Å². The fourth-order valence-electron chi connectivity index (χ4n) is 2.10. The molecule has 0 aromatic heterocycles. The van der Waals surface area contributed by atoms with Gasteiger partial charge in [-0.3, -0.25) is 0 Å². The zero-order chi connectivity index (χ0) is 13.5. The zero-order valence-electron chi connectivity index (χ0n) is 11.4. The zero-order valence-corrected chi connectivity index (χ0v) is 12.2. The highest BCUT2D eigenvalue weighted by atomic mass is 32.2. The van der Waals surface area contributed by atoms with Crippen molar-refractivity contribution in [2.75, 3.05) is 12.0 Å². The Labute approximate surface area is 120 Å². The Kier molecular flexibility index (Phi) is 5.29. The lowest BCUT2D eigenvalue weighted by molar-refractivity contribution is 0.934. The Morgan fingerprint density at radius 3 is 2.21 bits per heavy atom. The molecule has 0 radical (unpaired) electrons. The average Bonchev–Trinajstić information content (AvgIpc) is 2.48. The first-order valence-electron chi connectivity index (χ1n) is 6.64. The van der Waals surface area contributed by atoms with E-state index in [1.54, 1.807) is 0 Å². The molecule has 0 unspecified atom stereocenters. The van der Waals surface area contributed by atoms with Gasteiger partial charge < -0.3 is 0 Å². The van der Waals surface area contributed by atoms with Gasteiger partial charge in [-0.1, -0.05) is 61.2 Å². The van der Waals surface area contributed by atoms with E-state index in [9.17, 15) is 0 Å². The summed E-state index contributed by atoms with van der Waals surface area (Å²) in [5, 5.41) is 0. The van der Waals surface area contributed by atoms with Crippen LogP contribution in [0.2, 0.25) is 0 Å². The van der Waals surface area contributed by atoms with Crippen LogP contribution in [0, 0.1) is 0 Å². The predicted molar refractivity (Wildman–Crippen MR) is 87.7 cm³/mol. The molecule has 2 aromatic rings. The molecule has 2 aromatic carbocycles. The van der Waals surface area contributed by atoms with Crippen LogP contribution in [0.1, 0.15) is 23.1 Å². The second-order valence-electron chi connectivity index (χ2n) is 4.64. The van der Waals surface area contributed by atoms with Crippen LogP contribution >= 0.6 is 11.8 Å². The highest BCUT2D eigenvalue weighted by Crippen LogP contribution is 2.21. The predicted octanol–water partition coefficient (Wildman–Crippen LogP) is 5.04. The second-order valence-corrected chi connectivity index (χ2v) is 5.62. The maximum atomic E-state index is 4.20. The quantitative estimate of drug-likeness (QED) is 0.661. The molecule has 0 heterocycles. The van der Waals surface area contributed by atoms with Crippen LogP contribution in [0.3, 0.4) is 0 Å². The van der Waals surface area contributed by atoms with Crippen LogP contribution < -0.4 is 0 Å². The fraction of sp³-hybridized carbons (Fsp3) is 0.222. The lowest BCUT2D eigenvalue weighted by atomic mass is 9.98. The first-order chi connectivity index (χ1) is 9.31. The molecule has 0 fully saturated rings. The van der Waals surface area contributed by atoms with Crippen LogP contribution in [-0.2, 0) is 6.42 Å². The van der Waals surface area contributed by atoms with Crippen molar-refractivity contribution in [3.05, 3.63) is 77.9 Å². The van der Waals surface area contributed by atoms with Crippen molar-refractivity contribution < 1.29 is 0 Å². The summed E-state index contributed by atoms with van der Waals surface area (Å²) < 4.78 is 0. The molecule has 1 heteroatoms. The summed E-state index contributed by atoms with van der Waals surface area (Å²) in [5.41, 5.74) is 4.91. The molecule has 0 nitrogen and oxygen atoms in total. The Bertz CT molecular complexity index is 511. The Hall–Kier alpha value is -1.47. The molecule has 0 aliphatic carbocycles. The highest BCUT2D eigenvalue weighted by molar-refractivity contribution is 7.98. The lowest BCUT2D eigenvalue weighted by Crippen LogP contribution is -1.90. The van der Waals surface area contributed by atoms with Crippen LogP contribution in [0.4, 0.5) is 0 Å². The third kappa shape index (κ3) is 4.00. The largest absolute Gasteiger partial charge is 0.165 e. The average molecular weight is 268 g/mol. The van der Waals surface area contributed by atoms with Crippen LogP contribution in [0.15, 0.2) is 61.2 Å². The summed E-state index contributed by atoms with van der Waals surface area (Å²) in [5.74, 6) is 1.23. The lowest BCUT2D eigenvalue weighted by Gasteiger charge is -2.07. The van der Waals surface area contributed by atoms with Crippen molar-refractivity contribution in [1.29, 1.82) is 0 Å². The number of hydrogen-bond donors (Lipinski definition) is 0. The van der Waals surface area contributed by atoms with Gasteiger partial charge in [0.1, 0.15) is 0 Å². The topological polar surface area (TPSA) is 0 Å². The molecule has 98 valence electrons. The summed E-state index contributed by atoms with van der Waals surface area (Å²) in [4.78, 5) is 0.